The van der Waals surface area contributed by atoms with Gasteiger partial charge in [-0.2, -0.15) is 9.49 Å². The van der Waals surface area contributed by atoms with Gasteiger partial charge in [0.1, 0.15) is 0 Å². The third-order valence-electron chi connectivity index (χ3n) is 2.16. The zero-order valence-corrected chi connectivity index (χ0v) is 8.42. The maximum Gasteiger partial charge on any atom is 0.305 e. The highest BCUT2D eigenvalue weighted by molar-refractivity contribution is 5.63. The number of halogens is 1. The summed E-state index contributed by atoms with van der Waals surface area (Å²) in [4.78, 5) is 9.80. The lowest BCUT2D eigenvalue weighted by atomic mass is 10.1. The zero-order valence-electron chi connectivity index (χ0n) is 8.42. The molecule has 0 radical (unpaired) electrons. The summed E-state index contributed by atoms with van der Waals surface area (Å²) in [6, 6.07) is 5.62. The smallest absolute Gasteiger partial charge is 0.275 e. The van der Waals surface area contributed by atoms with Crippen LogP contribution in [0.3, 0.4) is 0 Å². The van der Waals surface area contributed by atoms with E-state index < -0.39 is 16.4 Å². The Labute approximate surface area is 90.3 Å². The van der Waals surface area contributed by atoms with Crippen LogP contribution in [0.2, 0.25) is 0 Å². The zero-order chi connectivity index (χ0) is 11.7. The van der Waals surface area contributed by atoms with Crippen molar-refractivity contribution >= 4 is 5.69 Å². The number of aryl methyl sites for hydroxylation is 1. The highest BCUT2D eigenvalue weighted by Gasteiger charge is 2.19. The highest BCUT2D eigenvalue weighted by Crippen LogP contribution is 2.27. The Kier molecular flexibility index (Phi) is 2.40. The van der Waals surface area contributed by atoms with E-state index in [4.69, 9.17) is 0 Å². The fourth-order valence-electron chi connectivity index (χ4n) is 1.42. The van der Waals surface area contributed by atoms with Gasteiger partial charge in [0.2, 0.25) is 5.82 Å². The Morgan fingerprint density at radius 2 is 2.19 bits per heavy atom. The van der Waals surface area contributed by atoms with Crippen LogP contribution in [0.25, 0.3) is 11.3 Å². The number of rotatable bonds is 2. The van der Waals surface area contributed by atoms with Gasteiger partial charge < -0.3 is 0 Å². The fourth-order valence-corrected chi connectivity index (χ4v) is 1.42. The van der Waals surface area contributed by atoms with Crippen LogP contribution in [0.1, 0.15) is 0 Å². The number of nitrogens with zero attached hydrogens (tertiary/aromatic N) is 3. The quantitative estimate of drug-likeness (QED) is 0.576. The van der Waals surface area contributed by atoms with Crippen LogP contribution in [0.15, 0.2) is 30.5 Å². The summed E-state index contributed by atoms with van der Waals surface area (Å²) in [6.07, 6.45) is 1.65. The third-order valence-corrected chi connectivity index (χ3v) is 2.16. The van der Waals surface area contributed by atoms with E-state index in [0.29, 0.717) is 5.69 Å². The van der Waals surface area contributed by atoms with Crippen LogP contribution in [0.4, 0.5) is 10.1 Å². The molecule has 0 bridgehead atoms. The Hall–Kier alpha value is -2.24. The molecule has 0 unspecified atom stereocenters. The highest BCUT2D eigenvalue weighted by atomic mass is 19.1. The van der Waals surface area contributed by atoms with Crippen LogP contribution in [0.5, 0.6) is 0 Å². The molecule has 0 atom stereocenters. The van der Waals surface area contributed by atoms with Crippen molar-refractivity contribution in [3.05, 3.63) is 46.4 Å². The van der Waals surface area contributed by atoms with Crippen molar-refractivity contribution in [1.29, 1.82) is 0 Å². The van der Waals surface area contributed by atoms with Crippen molar-refractivity contribution in [2.75, 3.05) is 0 Å². The van der Waals surface area contributed by atoms with Crippen molar-refractivity contribution in [1.82, 2.24) is 9.78 Å². The largest absolute Gasteiger partial charge is 0.305 e. The number of hydrogen-bond acceptors (Lipinski definition) is 3. The summed E-state index contributed by atoms with van der Waals surface area (Å²) in [5.41, 5.74) is -0.0262. The van der Waals surface area contributed by atoms with Gasteiger partial charge in [-0.15, -0.1) is 0 Å². The second-order valence-corrected chi connectivity index (χ2v) is 3.27. The molecule has 0 aliphatic heterocycles. The van der Waals surface area contributed by atoms with Gasteiger partial charge >= 0.3 is 5.69 Å². The van der Waals surface area contributed by atoms with Crippen LogP contribution in [-0.4, -0.2) is 14.7 Å². The molecule has 82 valence electrons. The predicted octanol–water partition coefficient (Wildman–Crippen LogP) is 2.13. The van der Waals surface area contributed by atoms with Crippen molar-refractivity contribution in [2.45, 2.75) is 0 Å². The number of nitro groups is 1. The Bertz CT molecular complexity index is 551. The van der Waals surface area contributed by atoms with Crippen LogP contribution in [0, 0.1) is 15.9 Å². The molecule has 2 rings (SSSR count). The van der Waals surface area contributed by atoms with Crippen LogP contribution in [-0.2, 0) is 7.05 Å². The minimum absolute atomic E-state index is 0.134. The molecule has 0 saturated carbocycles. The molecule has 16 heavy (non-hydrogen) atoms. The Morgan fingerprint density at radius 3 is 2.75 bits per heavy atom. The Balaban J connectivity index is 2.58. The van der Waals surface area contributed by atoms with Gasteiger partial charge in [0.05, 0.1) is 10.6 Å². The summed E-state index contributed by atoms with van der Waals surface area (Å²) in [5, 5.41) is 14.5. The molecule has 0 saturated heterocycles. The summed E-state index contributed by atoms with van der Waals surface area (Å²) in [5.74, 6) is -0.855. The van der Waals surface area contributed by atoms with E-state index in [1.807, 2.05) is 0 Å². The normalized spacial score (nSPS) is 10.4. The first-order valence-corrected chi connectivity index (χ1v) is 4.52. The van der Waals surface area contributed by atoms with Gasteiger partial charge in [0, 0.05) is 24.9 Å². The number of nitro benzene ring substituents is 1. The van der Waals surface area contributed by atoms with Gasteiger partial charge in [0.25, 0.3) is 0 Å². The third kappa shape index (κ3) is 1.65. The van der Waals surface area contributed by atoms with E-state index in [1.165, 1.54) is 16.8 Å². The maximum absolute atomic E-state index is 13.7. The standard InChI is InChI=1S/C10H8FN3O2/c1-13-6-5-8(12-13)7-3-2-4-9(10(7)11)14(15)16/h2-6H,1H3. The van der Waals surface area contributed by atoms with E-state index >= 15 is 0 Å². The average molecular weight is 221 g/mol. The summed E-state index contributed by atoms with van der Waals surface area (Å²) in [6.45, 7) is 0. The van der Waals surface area contributed by atoms with E-state index in [-0.39, 0.29) is 5.56 Å². The SMILES string of the molecule is Cn1ccc(-c2cccc([N+](=O)[O-])c2F)n1. The minimum atomic E-state index is -0.855. The van der Waals surface area contributed by atoms with E-state index in [9.17, 15) is 14.5 Å². The molecular weight excluding hydrogens is 213 g/mol. The molecular formula is C10H8FN3O2. The van der Waals surface area contributed by atoms with Crippen molar-refractivity contribution in [2.24, 2.45) is 7.05 Å². The first-order valence-electron chi connectivity index (χ1n) is 4.52. The molecule has 1 aromatic heterocycles. The second kappa shape index (κ2) is 3.73. The maximum atomic E-state index is 13.7. The van der Waals surface area contributed by atoms with Crippen molar-refractivity contribution in [3.8, 4) is 11.3 Å². The van der Waals surface area contributed by atoms with Gasteiger partial charge in [-0.1, -0.05) is 6.07 Å². The molecule has 5 nitrogen and oxygen atoms in total. The topological polar surface area (TPSA) is 61.0 Å². The van der Waals surface area contributed by atoms with Crippen LogP contribution >= 0.6 is 0 Å². The summed E-state index contributed by atoms with van der Waals surface area (Å²) >= 11 is 0. The van der Waals surface area contributed by atoms with Crippen LogP contribution < -0.4 is 0 Å². The van der Waals surface area contributed by atoms with E-state index in [1.54, 1.807) is 19.3 Å². The molecule has 0 N–H and O–H groups in total. The van der Waals surface area contributed by atoms with Gasteiger partial charge in [-0.05, 0) is 12.1 Å². The lowest BCUT2D eigenvalue weighted by Gasteiger charge is -1.99. The van der Waals surface area contributed by atoms with Gasteiger partial charge in [-0.3, -0.25) is 14.8 Å². The Morgan fingerprint density at radius 1 is 1.44 bits per heavy atom. The van der Waals surface area contributed by atoms with Crippen molar-refractivity contribution < 1.29 is 9.31 Å². The molecule has 0 spiro atoms. The molecule has 0 fully saturated rings. The fraction of sp³-hybridized carbons (Fsp3) is 0.100. The predicted molar refractivity (Wildman–Crippen MR) is 55.3 cm³/mol. The van der Waals surface area contributed by atoms with Gasteiger partial charge in [-0.25, -0.2) is 0 Å². The molecule has 1 heterocycles. The number of aromatic nitrogens is 2. The number of benzene rings is 1. The first kappa shape index (κ1) is 10.3. The number of hydrogen-bond donors (Lipinski definition) is 0. The average Bonchev–Trinajstić information content (AvgIpc) is 2.64. The second-order valence-electron chi connectivity index (χ2n) is 3.27. The lowest BCUT2D eigenvalue weighted by Crippen LogP contribution is -1.95. The van der Waals surface area contributed by atoms with Gasteiger partial charge in [0.15, 0.2) is 0 Å². The molecule has 1 aromatic carbocycles. The summed E-state index contributed by atoms with van der Waals surface area (Å²) < 4.78 is 15.2. The molecule has 0 amide bonds. The molecule has 6 heteroatoms. The lowest BCUT2D eigenvalue weighted by molar-refractivity contribution is -0.387. The summed E-state index contributed by atoms with van der Waals surface area (Å²) in [7, 11) is 1.69. The first-order chi connectivity index (χ1) is 7.59. The molecule has 0 aliphatic rings. The van der Waals surface area contributed by atoms with E-state index in [0.717, 1.165) is 6.07 Å². The van der Waals surface area contributed by atoms with E-state index in [2.05, 4.69) is 5.10 Å². The molecule has 0 aliphatic carbocycles. The van der Waals surface area contributed by atoms with Crippen molar-refractivity contribution in [3.63, 3.8) is 0 Å². The monoisotopic (exact) mass is 221 g/mol. The molecule has 2 aromatic rings. The minimum Gasteiger partial charge on any atom is -0.275 e.